The van der Waals surface area contributed by atoms with E-state index in [1.54, 1.807) is 0 Å². The Bertz CT molecular complexity index is 576. The van der Waals surface area contributed by atoms with Crippen molar-refractivity contribution in [3.05, 3.63) is 41.2 Å². The van der Waals surface area contributed by atoms with E-state index in [-0.39, 0.29) is 11.4 Å². The summed E-state index contributed by atoms with van der Waals surface area (Å²) >= 11 is 0. The molecule has 0 aliphatic rings. The van der Waals surface area contributed by atoms with E-state index in [4.69, 9.17) is 9.47 Å². The standard InChI is InChI=1S/C18H26N2O4/c1-6-12(2)11-19-16(15(17(21)23-4)18(22)24-5)20-14-9-7-13(3)8-10-14/h7-10,12,19-20H,6,11H2,1-5H3. The average molecular weight is 334 g/mol. The van der Waals surface area contributed by atoms with Gasteiger partial charge in [0.25, 0.3) is 0 Å². The predicted molar refractivity (Wildman–Crippen MR) is 93.3 cm³/mol. The fourth-order valence-electron chi connectivity index (χ4n) is 1.89. The number of hydrogen-bond acceptors (Lipinski definition) is 6. The Morgan fingerprint density at radius 3 is 2.08 bits per heavy atom. The number of anilines is 1. The van der Waals surface area contributed by atoms with Crippen molar-refractivity contribution in [2.45, 2.75) is 27.2 Å². The van der Waals surface area contributed by atoms with Crippen LogP contribution in [0.15, 0.2) is 35.7 Å². The van der Waals surface area contributed by atoms with Gasteiger partial charge in [-0.1, -0.05) is 38.0 Å². The van der Waals surface area contributed by atoms with Gasteiger partial charge >= 0.3 is 11.9 Å². The van der Waals surface area contributed by atoms with Gasteiger partial charge in [0.1, 0.15) is 5.82 Å². The van der Waals surface area contributed by atoms with Crippen LogP contribution in [0.5, 0.6) is 0 Å². The van der Waals surface area contributed by atoms with Crippen molar-refractivity contribution in [3.8, 4) is 0 Å². The number of hydrogen-bond donors (Lipinski definition) is 2. The monoisotopic (exact) mass is 334 g/mol. The van der Waals surface area contributed by atoms with E-state index < -0.39 is 11.9 Å². The van der Waals surface area contributed by atoms with Gasteiger partial charge in [0.2, 0.25) is 0 Å². The number of benzene rings is 1. The molecule has 0 aliphatic carbocycles. The van der Waals surface area contributed by atoms with Crippen molar-refractivity contribution in [2.24, 2.45) is 5.92 Å². The summed E-state index contributed by atoms with van der Waals surface area (Å²) in [6.45, 7) is 6.73. The Morgan fingerprint density at radius 1 is 1.08 bits per heavy atom. The van der Waals surface area contributed by atoms with Crippen molar-refractivity contribution < 1.29 is 19.1 Å². The van der Waals surface area contributed by atoms with Crippen LogP contribution >= 0.6 is 0 Å². The maximum atomic E-state index is 12.1. The van der Waals surface area contributed by atoms with Crippen molar-refractivity contribution in [2.75, 3.05) is 26.1 Å². The lowest BCUT2D eigenvalue weighted by molar-refractivity contribution is -0.144. The molecule has 0 saturated carbocycles. The second kappa shape index (κ2) is 9.60. The summed E-state index contributed by atoms with van der Waals surface area (Å²) in [7, 11) is 2.45. The fourth-order valence-corrected chi connectivity index (χ4v) is 1.89. The molecule has 2 N–H and O–H groups in total. The van der Waals surface area contributed by atoms with Crippen LogP contribution in [0.1, 0.15) is 25.8 Å². The fraction of sp³-hybridized carbons (Fsp3) is 0.444. The van der Waals surface area contributed by atoms with Gasteiger partial charge in [-0.15, -0.1) is 0 Å². The first-order chi connectivity index (χ1) is 11.4. The third kappa shape index (κ3) is 5.61. The van der Waals surface area contributed by atoms with Gasteiger partial charge < -0.3 is 20.1 Å². The van der Waals surface area contributed by atoms with Crippen LogP contribution in [0.3, 0.4) is 0 Å². The summed E-state index contributed by atoms with van der Waals surface area (Å²) in [6, 6.07) is 7.61. The molecule has 0 spiro atoms. The molecule has 6 heteroatoms. The quantitative estimate of drug-likeness (QED) is 0.329. The largest absolute Gasteiger partial charge is 0.465 e. The van der Waals surface area contributed by atoms with E-state index in [0.717, 1.165) is 17.7 Å². The molecular weight excluding hydrogens is 308 g/mol. The van der Waals surface area contributed by atoms with Gasteiger partial charge in [-0.2, -0.15) is 0 Å². The first-order valence-corrected chi connectivity index (χ1v) is 7.91. The van der Waals surface area contributed by atoms with E-state index in [9.17, 15) is 9.59 Å². The summed E-state index contributed by atoms with van der Waals surface area (Å²) < 4.78 is 9.46. The van der Waals surface area contributed by atoms with Crippen LogP contribution in [-0.2, 0) is 19.1 Å². The highest BCUT2D eigenvalue weighted by molar-refractivity contribution is 6.15. The summed E-state index contributed by atoms with van der Waals surface area (Å²) in [6.07, 6.45) is 0.969. The molecule has 0 amide bonds. The average Bonchev–Trinajstić information content (AvgIpc) is 2.60. The predicted octanol–water partition coefficient (Wildman–Crippen LogP) is 2.60. The Labute approximate surface area is 143 Å². The zero-order valence-electron chi connectivity index (χ0n) is 14.9. The molecule has 0 heterocycles. The molecule has 1 unspecified atom stereocenters. The van der Waals surface area contributed by atoms with Crippen LogP contribution < -0.4 is 10.6 Å². The number of aryl methyl sites for hydroxylation is 1. The number of methoxy groups -OCH3 is 2. The molecule has 1 atom stereocenters. The van der Waals surface area contributed by atoms with Crippen LogP contribution in [0.25, 0.3) is 0 Å². The number of rotatable bonds is 8. The molecule has 1 aromatic carbocycles. The molecule has 0 radical (unpaired) electrons. The Balaban J connectivity index is 3.21. The number of nitrogens with one attached hydrogen (secondary N) is 2. The number of carbonyl (C=O) groups is 2. The van der Waals surface area contributed by atoms with Gasteiger partial charge in [-0.3, -0.25) is 0 Å². The molecule has 0 fully saturated rings. The zero-order valence-corrected chi connectivity index (χ0v) is 14.9. The lowest BCUT2D eigenvalue weighted by Crippen LogP contribution is -2.31. The molecule has 1 aromatic rings. The maximum absolute atomic E-state index is 12.1. The lowest BCUT2D eigenvalue weighted by atomic mass is 10.1. The van der Waals surface area contributed by atoms with Crippen molar-refractivity contribution in [1.82, 2.24) is 5.32 Å². The van der Waals surface area contributed by atoms with E-state index in [1.165, 1.54) is 14.2 Å². The molecule has 0 bridgehead atoms. The summed E-state index contributed by atoms with van der Waals surface area (Å²) in [5.41, 5.74) is 1.67. The lowest BCUT2D eigenvalue weighted by Gasteiger charge is -2.19. The van der Waals surface area contributed by atoms with Crippen LogP contribution in [0.4, 0.5) is 5.69 Å². The third-order valence-corrected chi connectivity index (χ3v) is 3.67. The van der Waals surface area contributed by atoms with E-state index >= 15 is 0 Å². The van der Waals surface area contributed by atoms with Crippen LogP contribution in [0.2, 0.25) is 0 Å². The summed E-state index contributed by atoms with van der Waals surface area (Å²) in [4.78, 5) is 24.1. The number of esters is 2. The second-order valence-corrected chi connectivity index (χ2v) is 5.62. The van der Waals surface area contributed by atoms with Gasteiger partial charge in [0, 0.05) is 12.2 Å². The molecule has 1 rings (SSSR count). The second-order valence-electron chi connectivity index (χ2n) is 5.62. The van der Waals surface area contributed by atoms with E-state index in [1.807, 2.05) is 31.2 Å². The number of carbonyl (C=O) groups excluding carboxylic acids is 2. The minimum Gasteiger partial charge on any atom is -0.465 e. The van der Waals surface area contributed by atoms with Crippen molar-refractivity contribution in [3.63, 3.8) is 0 Å². The Hall–Kier alpha value is -2.50. The number of ether oxygens (including phenoxy) is 2. The summed E-state index contributed by atoms with van der Waals surface area (Å²) in [5, 5.41) is 6.21. The molecule has 24 heavy (non-hydrogen) atoms. The van der Waals surface area contributed by atoms with Crippen LogP contribution in [-0.4, -0.2) is 32.7 Å². The van der Waals surface area contributed by atoms with E-state index in [2.05, 4.69) is 24.5 Å². The van der Waals surface area contributed by atoms with Gasteiger partial charge in [0.05, 0.1) is 14.2 Å². The highest BCUT2D eigenvalue weighted by Crippen LogP contribution is 2.15. The first-order valence-electron chi connectivity index (χ1n) is 7.91. The molecule has 132 valence electrons. The highest BCUT2D eigenvalue weighted by atomic mass is 16.5. The van der Waals surface area contributed by atoms with E-state index in [0.29, 0.717) is 12.5 Å². The van der Waals surface area contributed by atoms with Crippen LogP contribution in [0, 0.1) is 12.8 Å². The summed E-state index contributed by atoms with van der Waals surface area (Å²) in [5.74, 6) is -0.865. The van der Waals surface area contributed by atoms with Gasteiger partial charge in [0.15, 0.2) is 5.57 Å². The molecular formula is C18H26N2O4. The van der Waals surface area contributed by atoms with Crippen molar-refractivity contribution >= 4 is 17.6 Å². The smallest absolute Gasteiger partial charge is 0.349 e. The minimum absolute atomic E-state index is 0.191. The maximum Gasteiger partial charge on any atom is 0.349 e. The SMILES string of the molecule is CCC(C)CNC(Nc1ccc(C)cc1)=C(C(=O)OC)C(=O)OC. The minimum atomic E-state index is -0.756. The van der Waals surface area contributed by atoms with Gasteiger partial charge in [-0.25, -0.2) is 9.59 Å². The zero-order chi connectivity index (χ0) is 18.1. The third-order valence-electron chi connectivity index (χ3n) is 3.67. The topological polar surface area (TPSA) is 76.7 Å². The Kier molecular flexibility index (Phi) is 7.82. The Morgan fingerprint density at radius 2 is 1.62 bits per heavy atom. The molecule has 0 aromatic heterocycles. The molecule has 0 saturated heterocycles. The first kappa shape index (κ1) is 19.5. The molecule has 0 aliphatic heterocycles. The van der Waals surface area contributed by atoms with Gasteiger partial charge in [-0.05, 0) is 25.0 Å². The highest BCUT2D eigenvalue weighted by Gasteiger charge is 2.26. The van der Waals surface area contributed by atoms with Crippen molar-refractivity contribution in [1.29, 1.82) is 0 Å². The molecule has 6 nitrogen and oxygen atoms in total. The normalized spacial score (nSPS) is 11.2.